The van der Waals surface area contributed by atoms with Gasteiger partial charge in [0.05, 0.1) is 5.54 Å². The van der Waals surface area contributed by atoms with Gasteiger partial charge in [0.2, 0.25) is 5.88 Å². The quantitative estimate of drug-likeness (QED) is 0.729. The Bertz CT molecular complexity index is 903. The average Bonchev–Trinajstić information content (AvgIpc) is 2.66. The van der Waals surface area contributed by atoms with E-state index < -0.39 is 22.9 Å². The van der Waals surface area contributed by atoms with Crippen molar-refractivity contribution in [3.63, 3.8) is 0 Å². The average molecular weight is 422 g/mol. The number of carbonyl (C=O) groups is 1. The molecule has 0 spiro atoms. The summed E-state index contributed by atoms with van der Waals surface area (Å²) in [7, 11) is 0. The molecule has 1 aliphatic rings. The summed E-state index contributed by atoms with van der Waals surface area (Å²) in [4.78, 5) is 22.4. The molecule has 0 aliphatic carbocycles. The molecule has 1 unspecified atom stereocenters. The zero-order valence-corrected chi connectivity index (χ0v) is 17.5. The lowest BCUT2D eigenvalue weighted by Gasteiger charge is -2.53. The first-order valence-electron chi connectivity index (χ1n) is 9.55. The zero-order valence-electron chi connectivity index (χ0n) is 16.8. The maximum absolute atomic E-state index is 14.2. The van der Waals surface area contributed by atoms with Crippen LogP contribution >= 0.6 is 11.6 Å². The first-order chi connectivity index (χ1) is 13.7. The van der Waals surface area contributed by atoms with Crippen LogP contribution < -0.4 is 4.74 Å². The van der Waals surface area contributed by atoms with Crippen molar-refractivity contribution >= 4 is 17.7 Å². The van der Waals surface area contributed by atoms with Crippen LogP contribution in [-0.2, 0) is 12.1 Å². The lowest BCUT2D eigenvalue weighted by Crippen LogP contribution is -2.59. The zero-order chi connectivity index (χ0) is 21.2. The Morgan fingerprint density at radius 3 is 2.69 bits per heavy atom. The third kappa shape index (κ3) is 4.01. The number of rotatable bonds is 4. The lowest BCUT2D eigenvalue weighted by molar-refractivity contribution is -0.0346. The van der Waals surface area contributed by atoms with Gasteiger partial charge in [0.15, 0.2) is 0 Å². The number of benzene rings is 1. The van der Waals surface area contributed by atoms with Crippen molar-refractivity contribution in [2.24, 2.45) is 5.41 Å². The molecule has 8 heteroatoms. The maximum Gasteiger partial charge on any atom is 0.408 e. The molecule has 2 aromatic rings. The van der Waals surface area contributed by atoms with E-state index in [-0.39, 0.29) is 12.5 Å². The summed E-state index contributed by atoms with van der Waals surface area (Å²) in [6.07, 6.45) is 4.28. The SMILES string of the molecule is CC(C)(C)C1(c2nccnc2OCc2ccc(Cl)cc2F)CCCCN1C(=O)O. The van der Waals surface area contributed by atoms with Gasteiger partial charge in [-0.2, -0.15) is 0 Å². The summed E-state index contributed by atoms with van der Waals surface area (Å²) < 4.78 is 20.0. The van der Waals surface area contributed by atoms with Crippen LogP contribution in [0.15, 0.2) is 30.6 Å². The van der Waals surface area contributed by atoms with Gasteiger partial charge in [-0.05, 0) is 36.8 Å². The van der Waals surface area contributed by atoms with Gasteiger partial charge in [-0.3, -0.25) is 9.88 Å². The highest BCUT2D eigenvalue weighted by molar-refractivity contribution is 6.30. The monoisotopic (exact) mass is 421 g/mol. The molecule has 1 amide bonds. The van der Waals surface area contributed by atoms with Gasteiger partial charge in [-0.15, -0.1) is 0 Å². The van der Waals surface area contributed by atoms with E-state index in [1.54, 1.807) is 12.1 Å². The summed E-state index contributed by atoms with van der Waals surface area (Å²) in [6, 6.07) is 4.37. The van der Waals surface area contributed by atoms with E-state index in [2.05, 4.69) is 9.97 Å². The molecule has 156 valence electrons. The number of likely N-dealkylation sites (tertiary alicyclic amines) is 1. The number of hydrogen-bond acceptors (Lipinski definition) is 4. The molecule has 1 aliphatic heterocycles. The largest absolute Gasteiger partial charge is 0.471 e. The van der Waals surface area contributed by atoms with Crippen LogP contribution in [-0.4, -0.2) is 32.6 Å². The molecular formula is C21H25ClFN3O3. The summed E-state index contributed by atoms with van der Waals surface area (Å²) in [5, 5.41) is 10.2. The smallest absolute Gasteiger partial charge is 0.408 e. The van der Waals surface area contributed by atoms with E-state index in [1.165, 1.54) is 23.4 Å². The number of ether oxygens (including phenoxy) is 1. The number of aromatic nitrogens is 2. The Balaban J connectivity index is 2.03. The molecule has 1 N–H and O–H groups in total. The first kappa shape index (κ1) is 21.3. The minimum atomic E-state index is -1.00. The predicted molar refractivity (Wildman–Crippen MR) is 107 cm³/mol. The number of hydrogen-bond donors (Lipinski definition) is 1. The van der Waals surface area contributed by atoms with Crippen LogP contribution in [0, 0.1) is 11.2 Å². The van der Waals surface area contributed by atoms with Crippen LogP contribution in [0.1, 0.15) is 51.3 Å². The molecule has 1 atom stereocenters. The highest BCUT2D eigenvalue weighted by Gasteiger charge is 2.54. The molecule has 3 rings (SSSR count). The van der Waals surface area contributed by atoms with E-state index in [9.17, 15) is 14.3 Å². The summed E-state index contributed by atoms with van der Waals surface area (Å²) in [6.45, 7) is 6.32. The third-order valence-electron chi connectivity index (χ3n) is 5.54. The highest BCUT2D eigenvalue weighted by atomic mass is 35.5. The number of halogens is 2. The van der Waals surface area contributed by atoms with Crippen LogP contribution in [0.25, 0.3) is 0 Å². The Labute approximate surface area is 174 Å². The molecular weight excluding hydrogens is 397 g/mol. The molecule has 1 saturated heterocycles. The van der Waals surface area contributed by atoms with Gasteiger partial charge in [0.25, 0.3) is 0 Å². The van der Waals surface area contributed by atoms with E-state index in [0.717, 1.165) is 12.8 Å². The molecule has 6 nitrogen and oxygen atoms in total. The molecule has 2 heterocycles. The topological polar surface area (TPSA) is 75.6 Å². The summed E-state index contributed by atoms with van der Waals surface area (Å²) >= 11 is 5.81. The van der Waals surface area contributed by atoms with Gasteiger partial charge in [-0.25, -0.2) is 14.2 Å². The fourth-order valence-electron chi connectivity index (χ4n) is 4.12. The lowest BCUT2D eigenvalue weighted by atomic mass is 9.66. The second-order valence-corrected chi connectivity index (χ2v) is 8.67. The molecule has 1 aromatic heterocycles. The fraction of sp³-hybridized carbons (Fsp3) is 0.476. The van der Waals surface area contributed by atoms with Gasteiger partial charge in [0.1, 0.15) is 18.1 Å². The van der Waals surface area contributed by atoms with Crippen molar-refractivity contribution < 1.29 is 19.0 Å². The van der Waals surface area contributed by atoms with Crippen molar-refractivity contribution in [3.05, 3.63) is 52.7 Å². The highest BCUT2D eigenvalue weighted by Crippen LogP contribution is 2.51. The standard InChI is InChI=1S/C21H25ClFN3O3/c1-20(2,3)21(8-4-5-11-26(21)19(27)28)17-18(25-10-9-24-17)29-13-14-6-7-15(22)12-16(14)23/h6-7,9-10,12H,4-5,8,11,13H2,1-3H3,(H,27,28). The molecule has 1 fully saturated rings. The number of carboxylic acid groups (broad SMARTS) is 1. The second kappa shape index (κ2) is 8.14. The van der Waals surface area contributed by atoms with Crippen molar-refractivity contribution in [1.29, 1.82) is 0 Å². The molecule has 0 bridgehead atoms. The van der Waals surface area contributed by atoms with Gasteiger partial charge in [-0.1, -0.05) is 38.4 Å². The Morgan fingerprint density at radius 1 is 1.31 bits per heavy atom. The van der Waals surface area contributed by atoms with Crippen molar-refractivity contribution in [1.82, 2.24) is 14.9 Å². The van der Waals surface area contributed by atoms with E-state index in [0.29, 0.717) is 29.2 Å². The van der Waals surface area contributed by atoms with Crippen molar-refractivity contribution in [3.8, 4) is 5.88 Å². The van der Waals surface area contributed by atoms with Crippen LogP contribution in [0.3, 0.4) is 0 Å². The minimum absolute atomic E-state index is 0.0675. The van der Waals surface area contributed by atoms with Gasteiger partial charge >= 0.3 is 6.09 Å². The fourth-order valence-corrected chi connectivity index (χ4v) is 4.28. The van der Waals surface area contributed by atoms with Crippen LogP contribution in [0.2, 0.25) is 5.02 Å². The van der Waals surface area contributed by atoms with Gasteiger partial charge < -0.3 is 9.84 Å². The van der Waals surface area contributed by atoms with Crippen molar-refractivity contribution in [2.45, 2.75) is 52.2 Å². The number of amides is 1. The molecule has 29 heavy (non-hydrogen) atoms. The normalized spacial score (nSPS) is 19.8. The third-order valence-corrected chi connectivity index (χ3v) is 5.77. The minimum Gasteiger partial charge on any atom is -0.471 e. The van der Waals surface area contributed by atoms with E-state index >= 15 is 0 Å². The predicted octanol–water partition coefficient (Wildman–Crippen LogP) is 5.25. The summed E-state index contributed by atoms with van der Waals surface area (Å²) in [5.41, 5.74) is -0.580. The molecule has 0 radical (unpaired) electrons. The molecule has 1 aromatic carbocycles. The Morgan fingerprint density at radius 2 is 2.03 bits per heavy atom. The Hall–Kier alpha value is -2.41. The van der Waals surface area contributed by atoms with E-state index in [1.807, 2.05) is 20.8 Å². The van der Waals surface area contributed by atoms with Crippen LogP contribution in [0.5, 0.6) is 5.88 Å². The second-order valence-electron chi connectivity index (χ2n) is 8.24. The first-order valence-corrected chi connectivity index (χ1v) is 9.93. The van der Waals surface area contributed by atoms with E-state index in [4.69, 9.17) is 16.3 Å². The Kier molecular flexibility index (Phi) is 5.98. The van der Waals surface area contributed by atoms with Crippen molar-refractivity contribution in [2.75, 3.05) is 6.54 Å². The van der Waals surface area contributed by atoms with Crippen LogP contribution in [0.4, 0.5) is 9.18 Å². The number of nitrogens with zero attached hydrogens (tertiary/aromatic N) is 3. The summed E-state index contributed by atoms with van der Waals surface area (Å²) in [5.74, 6) is -0.261. The van der Waals surface area contributed by atoms with Gasteiger partial charge in [0, 0.05) is 29.5 Å². The molecule has 0 saturated carbocycles. The maximum atomic E-state index is 14.2. The number of piperidine rings is 1.